The Morgan fingerprint density at radius 2 is 2.37 bits per heavy atom. The lowest BCUT2D eigenvalue weighted by atomic mass is 10.2. The molecule has 1 aromatic heterocycles. The topological polar surface area (TPSA) is 63.2 Å². The van der Waals surface area contributed by atoms with Gasteiger partial charge in [-0.15, -0.1) is 0 Å². The molecule has 3 rings (SSSR count). The summed E-state index contributed by atoms with van der Waals surface area (Å²) >= 11 is 1.47. The van der Waals surface area contributed by atoms with Gasteiger partial charge >= 0.3 is 6.03 Å². The number of urea groups is 1. The number of ether oxygens (including phenoxy) is 1. The molecule has 0 radical (unpaired) electrons. The van der Waals surface area contributed by atoms with Gasteiger partial charge in [0.25, 0.3) is 0 Å². The molecule has 19 heavy (non-hydrogen) atoms. The number of nitrogens with one attached hydrogen (secondary N) is 2. The summed E-state index contributed by atoms with van der Waals surface area (Å²) < 4.78 is 6.51. The molecular weight excluding hydrogens is 262 g/mol. The summed E-state index contributed by atoms with van der Waals surface area (Å²) in [6, 6.07) is 7.59. The van der Waals surface area contributed by atoms with Gasteiger partial charge in [-0.3, -0.25) is 5.32 Å². The maximum Gasteiger partial charge on any atom is 0.321 e. The molecule has 1 aromatic carbocycles. The first kappa shape index (κ1) is 12.4. The first-order valence-corrected chi connectivity index (χ1v) is 7.15. The molecule has 0 saturated carbocycles. The van der Waals surface area contributed by atoms with Crippen molar-refractivity contribution in [3.8, 4) is 0 Å². The highest BCUT2D eigenvalue weighted by molar-refractivity contribution is 7.22. The fourth-order valence-corrected chi connectivity index (χ4v) is 2.94. The van der Waals surface area contributed by atoms with Crippen LogP contribution < -0.4 is 10.6 Å². The summed E-state index contributed by atoms with van der Waals surface area (Å²) in [5.74, 6) is 0. The van der Waals surface area contributed by atoms with Crippen LogP contribution in [0.2, 0.25) is 0 Å². The number of anilines is 1. The molecule has 2 heterocycles. The number of rotatable bonds is 3. The molecule has 0 aliphatic carbocycles. The van der Waals surface area contributed by atoms with E-state index in [-0.39, 0.29) is 12.1 Å². The van der Waals surface area contributed by atoms with E-state index in [9.17, 15) is 4.79 Å². The molecule has 100 valence electrons. The highest BCUT2D eigenvalue weighted by Gasteiger charge is 2.16. The van der Waals surface area contributed by atoms with Crippen molar-refractivity contribution < 1.29 is 9.53 Å². The third-order valence-electron chi connectivity index (χ3n) is 3.03. The van der Waals surface area contributed by atoms with Gasteiger partial charge in [-0.1, -0.05) is 23.5 Å². The fraction of sp³-hybridized carbons (Fsp3) is 0.385. The number of amides is 2. The van der Waals surface area contributed by atoms with Gasteiger partial charge < -0.3 is 10.1 Å². The van der Waals surface area contributed by atoms with Crippen LogP contribution in [0.3, 0.4) is 0 Å². The third kappa shape index (κ3) is 3.02. The lowest BCUT2D eigenvalue weighted by Crippen LogP contribution is -2.34. The molecule has 1 fully saturated rings. The number of nitrogens with zero attached hydrogens (tertiary/aromatic N) is 1. The lowest BCUT2D eigenvalue weighted by molar-refractivity contribution is 0.112. The van der Waals surface area contributed by atoms with Crippen molar-refractivity contribution in [3.63, 3.8) is 0 Å². The molecule has 1 atom stereocenters. The van der Waals surface area contributed by atoms with E-state index in [0.29, 0.717) is 11.7 Å². The first-order chi connectivity index (χ1) is 9.31. The number of para-hydroxylation sites is 1. The van der Waals surface area contributed by atoms with E-state index >= 15 is 0 Å². The number of hydrogen-bond acceptors (Lipinski definition) is 4. The molecule has 6 heteroatoms. The first-order valence-electron chi connectivity index (χ1n) is 6.33. The predicted octanol–water partition coefficient (Wildman–Crippen LogP) is 2.60. The number of hydrogen-bond donors (Lipinski definition) is 2. The van der Waals surface area contributed by atoms with Crippen LogP contribution in [0.5, 0.6) is 0 Å². The van der Waals surface area contributed by atoms with Gasteiger partial charge in [-0.25, -0.2) is 9.78 Å². The summed E-state index contributed by atoms with van der Waals surface area (Å²) in [5, 5.41) is 6.18. The zero-order valence-electron chi connectivity index (χ0n) is 10.4. The van der Waals surface area contributed by atoms with Crippen molar-refractivity contribution in [2.75, 3.05) is 18.5 Å². The van der Waals surface area contributed by atoms with Crippen LogP contribution in [-0.4, -0.2) is 30.3 Å². The minimum atomic E-state index is -0.227. The Morgan fingerprint density at radius 3 is 3.16 bits per heavy atom. The Morgan fingerprint density at radius 1 is 1.47 bits per heavy atom. The Bertz CT molecular complexity index is 545. The second-order valence-corrected chi connectivity index (χ2v) is 5.49. The molecule has 2 amide bonds. The van der Waals surface area contributed by atoms with Crippen LogP contribution >= 0.6 is 11.3 Å². The Labute approximate surface area is 115 Å². The van der Waals surface area contributed by atoms with Crippen molar-refractivity contribution in [3.05, 3.63) is 24.3 Å². The van der Waals surface area contributed by atoms with E-state index in [4.69, 9.17) is 4.74 Å². The highest BCUT2D eigenvalue weighted by atomic mass is 32.1. The second kappa shape index (κ2) is 5.54. The smallest absolute Gasteiger partial charge is 0.321 e. The normalized spacial score (nSPS) is 18.6. The van der Waals surface area contributed by atoms with Gasteiger partial charge in [0.1, 0.15) is 0 Å². The molecule has 2 N–H and O–H groups in total. The summed E-state index contributed by atoms with van der Waals surface area (Å²) in [4.78, 5) is 16.1. The highest BCUT2D eigenvalue weighted by Crippen LogP contribution is 2.25. The molecule has 0 bridgehead atoms. The number of fused-ring (bicyclic) bond motifs is 1. The minimum absolute atomic E-state index is 0.154. The molecule has 1 saturated heterocycles. The molecule has 0 unspecified atom stereocenters. The van der Waals surface area contributed by atoms with Crippen molar-refractivity contribution in [1.82, 2.24) is 10.3 Å². The van der Waals surface area contributed by atoms with E-state index in [0.717, 1.165) is 29.7 Å². The van der Waals surface area contributed by atoms with E-state index in [1.807, 2.05) is 24.3 Å². The van der Waals surface area contributed by atoms with E-state index in [1.54, 1.807) is 0 Å². The van der Waals surface area contributed by atoms with Crippen molar-refractivity contribution in [2.45, 2.75) is 18.9 Å². The summed E-state index contributed by atoms with van der Waals surface area (Å²) in [7, 11) is 0. The number of aromatic nitrogens is 1. The Balaban J connectivity index is 1.56. The van der Waals surface area contributed by atoms with Crippen LogP contribution in [0.1, 0.15) is 12.8 Å². The third-order valence-corrected chi connectivity index (χ3v) is 3.98. The van der Waals surface area contributed by atoms with Gasteiger partial charge in [0, 0.05) is 13.2 Å². The van der Waals surface area contributed by atoms with Crippen LogP contribution in [0.15, 0.2) is 24.3 Å². The summed E-state index contributed by atoms with van der Waals surface area (Å²) in [6.45, 7) is 1.35. The molecular formula is C13H15N3O2S. The summed E-state index contributed by atoms with van der Waals surface area (Å²) in [5.41, 5.74) is 0.905. The molecule has 1 aliphatic rings. The minimum Gasteiger partial charge on any atom is -0.376 e. The lowest BCUT2D eigenvalue weighted by Gasteiger charge is -2.10. The Kier molecular flexibility index (Phi) is 3.61. The maximum absolute atomic E-state index is 11.7. The van der Waals surface area contributed by atoms with E-state index in [2.05, 4.69) is 15.6 Å². The van der Waals surface area contributed by atoms with Crippen LogP contribution in [0.25, 0.3) is 10.2 Å². The standard InChI is InChI=1S/C13H15N3O2S/c17-12(14-8-9-4-3-7-18-9)16-13-15-10-5-1-2-6-11(10)19-13/h1-2,5-6,9H,3-4,7-8H2,(H2,14,15,16,17)/t9-/m0/s1. The largest absolute Gasteiger partial charge is 0.376 e. The zero-order chi connectivity index (χ0) is 13.1. The fourth-order valence-electron chi connectivity index (χ4n) is 2.08. The van der Waals surface area contributed by atoms with Gasteiger partial charge in [0.05, 0.1) is 16.3 Å². The number of carbonyl (C=O) groups excluding carboxylic acids is 1. The molecule has 1 aliphatic heterocycles. The Hall–Kier alpha value is -1.66. The van der Waals surface area contributed by atoms with Gasteiger partial charge in [-0.2, -0.15) is 0 Å². The average molecular weight is 277 g/mol. The van der Waals surface area contributed by atoms with Gasteiger partial charge in [0.15, 0.2) is 5.13 Å². The van der Waals surface area contributed by atoms with Gasteiger partial charge in [0.2, 0.25) is 0 Å². The van der Waals surface area contributed by atoms with Crippen molar-refractivity contribution >= 4 is 32.7 Å². The monoisotopic (exact) mass is 277 g/mol. The van der Waals surface area contributed by atoms with Crippen molar-refractivity contribution in [1.29, 1.82) is 0 Å². The zero-order valence-corrected chi connectivity index (χ0v) is 11.2. The van der Waals surface area contributed by atoms with Crippen LogP contribution in [-0.2, 0) is 4.74 Å². The van der Waals surface area contributed by atoms with Crippen LogP contribution in [0.4, 0.5) is 9.93 Å². The maximum atomic E-state index is 11.7. The van der Waals surface area contributed by atoms with E-state index < -0.39 is 0 Å². The number of carbonyl (C=O) groups is 1. The second-order valence-electron chi connectivity index (χ2n) is 4.46. The van der Waals surface area contributed by atoms with Gasteiger partial charge in [-0.05, 0) is 25.0 Å². The molecule has 2 aromatic rings. The SMILES string of the molecule is O=C(NC[C@@H]1CCCO1)Nc1nc2ccccc2s1. The number of thiazole rings is 1. The summed E-state index contributed by atoms with van der Waals surface area (Å²) in [6.07, 6.45) is 2.24. The van der Waals surface area contributed by atoms with Crippen LogP contribution in [0, 0.1) is 0 Å². The number of benzene rings is 1. The molecule has 5 nitrogen and oxygen atoms in total. The van der Waals surface area contributed by atoms with E-state index in [1.165, 1.54) is 11.3 Å². The van der Waals surface area contributed by atoms with Crippen molar-refractivity contribution in [2.24, 2.45) is 0 Å². The predicted molar refractivity (Wildman–Crippen MR) is 75.6 cm³/mol. The molecule has 0 spiro atoms. The average Bonchev–Trinajstić information content (AvgIpc) is 3.04. The quantitative estimate of drug-likeness (QED) is 0.906.